The molecule has 3 nitrogen and oxygen atoms in total. The molecule has 1 aromatic carbocycles. The number of halogens is 1. The van der Waals surface area contributed by atoms with Crippen LogP contribution in [0.5, 0.6) is 0 Å². The van der Waals surface area contributed by atoms with Crippen molar-refractivity contribution in [3.63, 3.8) is 0 Å². The summed E-state index contributed by atoms with van der Waals surface area (Å²) < 4.78 is 0.992. The first-order valence-corrected chi connectivity index (χ1v) is 7.39. The van der Waals surface area contributed by atoms with Gasteiger partial charge in [-0.2, -0.15) is 0 Å². The minimum Gasteiger partial charge on any atom is -0.391 e. The van der Waals surface area contributed by atoms with E-state index in [1.807, 2.05) is 45.0 Å². The maximum atomic E-state index is 12.2. The van der Waals surface area contributed by atoms with Gasteiger partial charge in [-0.15, -0.1) is 0 Å². The SMILES string of the molecule is CCCC(O)CNC(=O)C(C)(C)c1ccc(Br)cc1. The van der Waals surface area contributed by atoms with Crippen molar-refractivity contribution in [2.24, 2.45) is 0 Å². The van der Waals surface area contributed by atoms with Gasteiger partial charge in [0, 0.05) is 11.0 Å². The Labute approximate surface area is 123 Å². The van der Waals surface area contributed by atoms with Crippen LogP contribution in [0.1, 0.15) is 39.2 Å². The van der Waals surface area contributed by atoms with Crippen molar-refractivity contribution >= 4 is 21.8 Å². The molecule has 0 fully saturated rings. The van der Waals surface area contributed by atoms with Gasteiger partial charge in [0.2, 0.25) is 5.91 Å². The molecule has 0 aliphatic carbocycles. The first-order chi connectivity index (χ1) is 8.87. The molecule has 0 saturated carbocycles. The topological polar surface area (TPSA) is 49.3 Å². The number of aliphatic hydroxyl groups is 1. The predicted molar refractivity (Wildman–Crippen MR) is 81.1 cm³/mol. The molecular weight excluding hydrogens is 306 g/mol. The number of rotatable bonds is 6. The third kappa shape index (κ3) is 4.62. The number of hydrogen-bond donors (Lipinski definition) is 2. The first-order valence-electron chi connectivity index (χ1n) is 6.60. The van der Waals surface area contributed by atoms with Crippen molar-refractivity contribution in [1.82, 2.24) is 5.32 Å². The number of amides is 1. The molecular formula is C15H22BrNO2. The summed E-state index contributed by atoms with van der Waals surface area (Å²) in [7, 11) is 0. The lowest BCUT2D eigenvalue weighted by atomic mass is 9.83. The molecule has 0 saturated heterocycles. The van der Waals surface area contributed by atoms with Crippen LogP contribution in [0.3, 0.4) is 0 Å². The highest BCUT2D eigenvalue weighted by Gasteiger charge is 2.29. The molecule has 2 N–H and O–H groups in total. The van der Waals surface area contributed by atoms with Crippen molar-refractivity contribution < 1.29 is 9.90 Å². The fraction of sp³-hybridized carbons (Fsp3) is 0.533. The zero-order valence-electron chi connectivity index (χ0n) is 11.7. The quantitative estimate of drug-likeness (QED) is 0.843. The molecule has 0 heterocycles. The van der Waals surface area contributed by atoms with Crippen molar-refractivity contribution in [3.05, 3.63) is 34.3 Å². The highest BCUT2D eigenvalue weighted by molar-refractivity contribution is 9.10. The van der Waals surface area contributed by atoms with Crippen LogP contribution in [0, 0.1) is 0 Å². The van der Waals surface area contributed by atoms with Crippen LogP contribution >= 0.6 is 15.9 Å². The van der Waals surface area contributed by atoms with Crippen LogP contribution in [-0.4, -0.2) is 23.7 Å². The predicted octanol–water partition coefficient (Wildman–Crippen LogP) is 3.00. The van der Waals surface area contributed by atoms with Crippen LogP contribution in [-0.2, 0) is 10.2 Å². The smallest absolute Gasteiger partial charge is 0.230 e. The van der Waals surface area contributed by atoms with Crippen LogP contribution < -0.4 is 5.32 Å². The van der Waals surface area contributed by atoms with E-state index in [1.54, 1.807) is 0 Å². The van der Waals surface area contributed by atoms with E-state index in [-0.39, 0.29) is 5.91 Å². The Kier molecular flexibility index (Phi) is 6.01. The van der Waals surface area contributed by atoms with Gasteiger partial charge >= 0.3 is 0 Å². The van der Waals surface area contributed by atoms with Gasteiger partial charge < -0.3 is 10.4 Å². The molecule has 1 aromatic rings. The van der Waals surface area contributed by atoms with Gasteiger partial charge in [0.25, 0.3) is 0 Å². The highest BCUT2D eigenvalue weighted by Crippen LogP contribution is 2.25. The Hall–Kier alpha value is -0.870. The average molecular weight is 328 g/mol. The first kappa shape index (κ1) is 16.2. The molecule has 0 aliphatic heterocycles. The van der Waals surface area contributed by atoms with Gasteiger partial charge in [-0.1, -0.05) is 41.4 Å². The van der Waals surface area contributed by atoms with E-state index < -0.39 is 11.5 Å². The van der Waals surface area contributed by atoms with Crippen molar-refractivity contribution in [3.8, 4) is 0 Å². The van der Waals surface area contributed by atoms with Crippen LogP contribution in [0.2, 0.25) is 0 Å². The second-order valence-corrected chi connectivity index (χ2v) is 6.20. The molecule has 0 aromatic heterocycles. The molecule has 0 aliphatic rings. The molecule has 19 heavy (non-hydrogen) atoms. The number of aliphatic hydroxyl groups excluding tert-OH is 1. The third-order valence-electron chi connectivity index (χ3n) is 3.25. The summed E-state index contributed by atoms with van der Waals surface area (Å²) in [5, 5.41) is 12.5. The standard InChI is InChI=1S/C15H22BrNO2/c1-4-5-13(18)10-17-14(19)15(2,3)11-6-8-12(16)9-7-11/h6-9,13,18H,4-5,10H2,1-3H3,(H,17,19). The van der Waals surface area contributed by atoms with Crippen molar-refractivity contribution in [1.29, 1.82) is 0 Å². The van der Waals surface area contributed by atoms with Gasteiger partial charge in [-0.05, 0) is 38.0 Å². The molecule has 106 valence electrons. The normalized spacial score (nSPS) is 13.1. The number of carbonyl (C=O) groups excluding carboxylic acids is 1. The highest BCUT2D eigenvalue weighted by atomic mass is 79.9. The zero-order valence-corrected chi connectivity index (χ0v) is 13.3. The molecule has 1 rings (SSSR count). The van der Waals surface area contributed by atoms with Crippen molar-refractivity contribution in [2.75, 3.05) is 6.54 Å². The maximum absolute atomic E-state index is 12.2. The van der Waals surface area contributed by atoms with E-state index in [9.17, 15) is 9.90 Å². The summed E-state index contributed by atoms with van der Waals surface area (Å²) in [5.74, 6) is -0.0648. The third-order valence-corrected chi connectivity index (χ3v) is 3.78. The van der Waals surface area contributed by atoms with E-state index >= 15 is 0 Å². The molecule has 0 spiro atoms. The average Bonchev–Trinajstić information content (AvgIpc) is 2.36. The summed E-state index contributed by atoms with van der Waals surface area (Å²) in [4.78, 5) is 12.2. The monoisotopic (exact) mass is 327 g/mol. The molecule has 1 atom stereocenters. The van der Waals surface area contributed by atoms with E-state index in [1.165, 1.54) is 0 Å². The minimum atomic E-state index is -0.605. The lowest BCUT2D eigenvalue weighted by molar-refractivity contribution is -0.126. The van der Waals surface area contributed by atoms with Gasteiger partial charge in [-0.25, -0.2) is 0 Å². The summed E-state index contributed by atoms with van der Waals surface area (Å²) in [5.41, 5.74) is 0.352. The van der Waals surface area contributed by atoms with Gasteiger partial charge in [0.05, 0.1) is 11.5 Å². The Morgan fingerprint density at radius 3 is 2.47 bits per heavy atom. The zero-order chi connectivity index (χ0) is 14.5. The van der Waals surface area contributed by atoms with Crippen LogP contribution in [0.15, 0.2) is 28.7 Å². The Balaban J connectivity index is 2.66. The summed E-state index contributed by atoms with van der Waals surface area (Å²) >= 11 is 3.38. The molecule has 4 heteroatoms. The lowest BCUT2D eigenvalue weighted by Gasteiger charge is -2.25. The Morgan fingerprint density at radius 1 is 1.37 bits per heavy atom. The van der Waals surface area contributed by atoms with Gasteiger partial charge in [0.15, 0.2) is 0 Å². The molecule has 0 radical (unpaired) electrons. The Morgan fingerprint density at radius 2 is 1.95 bits per heavy atom. The number of hydrogen-bond acceptors (Lipinski definition) is 2. The number of benzene rings is 1. The maximum Gasteiger partial charge on any atom is 0.230 e. The fourth-order valence-corrected chi connectivity index (χ4v) is 2.13. The molecule has 1 amide bonds. The molecule has 0 bridgehead atoms. The minimum absolute atomic E-state index is 0.0648. The number of carbonyl (C=O) groups is 1. The lowest BCUT2D eigenvalue weighted by Crippen LogP contribution is -2.43. The number of nitrogens with one attached hydrogen (secondary N) is 1. The van der Waals surface area contributed by atoms with E-state index in [2.05, 4.69) is 21.2 Å². The van der Waals surface area contributed by atoms with Gasteiger partial charge in [-0.3, -0.25) is 4.79 Å². The largest absolute Gasteiger partial charge is 0.391 e. The van der Waals surface area contributed by atoms with Gasteiger partial charge in [0.1, 0.15) is 0 Å². The fourth-order valence-electron chi connectivity index (χ4n) is 1.86. The summed E-state index contributed by atoms with van der Waals surface area (Å²) in [6.45, 7) is 6.10. The van der Waals surface area contributed by atoms with Crippen LogP contribution in [0.25, 0.3) is 0 Å². The van der Waals surface area contributed by atoms with E-state index in [0.29, 0.717) is 13.0 Å². The van der Waals surface area contributed by atoms with E-state index in [4.69, 9.17) is 0 Å². The van der Waals surface area contributed by atoms with Crippen molar-refractivity contribution in [2.45, 2.75) is 45.1 Å². The molecule has 1 unspecified atom stereocenters. The van der Waals surface area contributed by atoms with Crippen LogP contribution in [0.4, 0.5) is 0 Å². The Bertz CT molecular complexity index is 415. The summed E-state index contributed by atoms with van der Waals surface area (Å²) in [6.07, 6.45) is 1.15. The second-order valence-electron chi connectivity index (χ2n) is 5.28. The summed E-state index contributed by atoms with van der Waals surface area (Å²) in [6, 6.07) is 7.73. The second kappa shape index (κ2) is 7.06. The van der Waals surface area contributed by atoms with E-state index in [0.717, 1.165) is 16.5 Å².